The number of rotatable bonds is 18. The van der Waals surface area contributed by atoms with Gasteiger partial charge >= 0.3 is 0 Å². The van der Waals surface area contributed by atoms with Gasteiger partial charge < -0.3 is 26.8 Å². The van der Waals surface area contributed by atoms with Crippen molar-refractivity contribution in [3.05, 3.63) is 35.9 Å². The van der Waals surface area contributed by atoms with Gasteiger partial charge in [-0.2, -0.15) is 0 Å². The van der Waals surface area contributed by atoms with E-state index < -0.39 is 0 Å². The second-order valence-electron chi connectivity index (χ2n) is 16.5. The average Bonchev–Trinajstić information content (AvgIpc) is 3.40. The molecule has 45 heavy (non-hydrogen) atoms. The molecule has 0 saturated heterocycles. The van der Waals surface area contributed by atoms with Crippen molar-refractivity contribution in [2.75, 3.05) is 39.3 Å². The number of fused-ring (bicyclic) bond motifs is 5. The van der Waals surface area contributed by atoms with Gasteiger partial charge in [0.25, 0.3) is 0 Å². The molecule has 1 aromatic rings. The molecular formula is C40H70N4O. The van der Waals surface area contributed by atoms with Crippen LogP contribution in [0.2, 0.25) is 0 Å². The highest BCUT2D eigenvalue weighted by Crippen LogP contribution is 2.68. The molecule has 5 rings (SSSR count). The summed E-state index contributed by atoms with van der Waals surface area (Å²) >= 11 is 0. The smallest absolute Gasteiger partial charge is 0.0577 e. The Kier molecular flexibility index (Phi) is 13.3. The van der Waals surface area contributed by atoms with E-state index in [1.165, 1.54) is 89.0 Å². The second kappa shape index (κ2) is 16.9. The Hall–Kier alpha value is -0.980. The summed E-state index contributed by atoms with van der Waals surface area (Å²) in [5.74, 6) is 4.27. The van der Waals surface area contributed by atoms with E-state index in [0.717, 1.165) is 75.8 Å². The average molecular weight is 623 g/mol. The van der Waals surface area contributed by atoms with Crippen molar-refractivity contribution < 1.29 is 5.11 Å². The highest BCUT2D eigenvalue weighted by Gasteiger charge is 2.62. The van der Waals surface area contributed by atoms with Crippen LogP contribution in [-0.2, 0) is 6.42 Å². The number of hydrogen-bond donors (Lipinski definition) is 5. The fourth-order valence-electron chi connectivity index (χ4n) is 11.4. The molecule has 4 aliphatic carbocycles. The molecule has 1 aromatic carbocycles. The van der Waals surface area contributed by atoms with E-state index in [9.17, 15) is 5.11 Å². The minimum atomic E-state index is -0.0938. The normalized spacial score (nSPS) is 36.7. The van der Waals surface area contributed by atoms with Crippen molar-refractivity contribution in [1.82, 2.24) is 16.0 Å². The van der Waals surface area contributed by atoms with Gasteiger partial charge in [0.15, 0.2) is 0 Å². The van der Waals surface area contributed by atoms with E-state index in [1.807, 2.05) is 0 Å². The maximum atomic E-state index is 11.8. The Labute approximate surface area is 277 Å². The molecular weight excluding hydrogens is 552 g/mol. The van der Waals surface area contributed by atoms with Crippen LogP contribution in [0.15, 0.2) is 30.3 Å². The predicted molar refractivity (Wildman–Crippen MR) is 190 cm³/mol. The molecule has 0 aromatic heterocycles. The lowest BCUT2D eigenvalue weighted by atomic mass is 9.43. The Morgan fingerprint density at radius 1 is 0.800 bits per heavy atom. The van der Waals surface area contributed by atoms with Crippen molar-refractivity contribution in [3.8, 4) is 0 Å². The number of nitrogens with two attached hydrogens (primary N) is 1. The highest BCUT2D eigenvalue weighted by atomic mass is 16.3. The van der Waals surface area contributed by atoms with E-state index in [2.05, 4.69) is 67.1 Å². The predicted octanol–water partition coefficient (Wildman–Crippen LogP) is 6.93. The third-order valence-corrected chi connectivity index (χ3v) is 13.9. The summed E-state index contributed by atoms with van der Waals surface area (Å²) in [5.41, 5.74) is 7.88. The van der Waals surface area contributed by atoms with Gasteiger partial charge in [-0.25, -0.2) is 0 Å². The first-order chi connectivity index (χ1) is 21.9. The lowest BCUT2D eigenvalue weighted by Crippen LogP contribution is -2.59. The molecule has 4 fully saturated rings. The van der Waals surface area contributed by atoms with Gasteiger partial charge in [-0.3, -0.25) is 0 Å². The molecule has 0 bridgehead atoms. The van der Waals surface area contributed by atoms with Crippen LogP contribution in [-0.4, -0.2) is 56.5 Å². The van der Waals surface area contributed by atoms with Crippen LogP contribution in [0.25, 0.3) is 0 Å². The molecule has 0 amide bonds. The fourth-order valence-corrected chi connectivity index (χ4v) is 11.4. The molecule has 4 saturated carbocycles. The topological polar surface area (TPSA) is 82.3 Å². The number of aliphatic hydroxyl groups is 1. The summed E-state index contributed by atoms with van der Waals surface area (Å²) in [6.45, 7) is 14.1. The lowest BCUT2D eigenvalue weighted by molar-refractivity contribution is -0.167. The maximum Gasteiger partial charge on any atom is 0.0577 e. The summed E-state index contributed by atoms with van der Waals surface area (Å²) in [7, 11) is 0. The molecule has 3 unspecified atom stereocenters. The minimum absolute atomic E-state index is 0.0938. The molecule has 5 heteroatoms. The van der Waals surface area contributed by atoms with Crippen molar-refractivity contribution in [1.29, 1.82) is 0 Å². The number of hydrogen-bond acceptors (Lipinski definition) is 5. The number of benzene rings is 1. The summed E-state index contributed by atoms with van der Waals surface area (Å²) in [6, 6.07) is 11.7. The van der Waals surface area contributed by atoms with Gasteiger partial charge in [-0.15, -0.1) is 0 Å². The molecule has 4 aliphatic rings. The zero-order chi connectivity index (χ0) is 31.7. The zero-order valence-electron chi connectivity index (χ0n) is 29.4. The van der Waals surface area contributed by atoms with E-state index in [-0.39, 0.29) is 6.10 Å². The zero-order valence-corrected chi connectivity index (χ0v) is 29.4. The van der Waals surface area contributed by atoms with Gasteiger partial charge in [-0.1, -0.05) is 57.5 Å². The van der Waals surface area contributed by atoms with Crippen molar-refractivity contribution in [2.45, 2.75) is 129 Å². The third kappa shape index (κ3) is 8.55. The lowest BCUT2D eigenvalue weighted by Gasteiger charge is -2.62. The van der Waals surface area contributed by atoms with Gasteiger partial charge in [-0.05, 0) is 181 Å². The molecule has 0 aliphatic heterocycles. The molecule has 0 radical (unpaired) electrons. The third-order valence-electron chi connectivity index (χ3n) is 13.9. The van der Waals surface area contributed by atoms with Gasteiger partial charge in [0.2, 0.25) is 0 Å². The Bertz CT molecular complexity index is 990. The molecule has 10 atom stereocenters. The standard InChI is InChI=1S/C40H70N4O/c1-30(12-9-15-31-13-5-4-6-14-31)34-16-17-35-38-36(19-21-40(34,35)3)39(2)20-18-33(28-32(39)29-37(38)45)44-27-11-26-43-24-8-7-23-42-25-10-22-41/h4-6,13-14,30,32-38,42-45H,7-12,15-29,41H2,1-3H3/t30-,32+,33+,34-,35?,36?,37+,38?,39+,40-/m1/s1. The first-order valence-electron chi connectivity index (χ1n) is 19.4. The Morgan fingerprint density at radius 2 is 1.49 bits per heavy atom. The number of aliphatic hydroxyl groups excluding tert-OH is 1. The van der Waals surface area contributed by atoms with E-state index in [4.69, 9.17) is 5.73 Å². The SMILES string of the molecule is C[C@H](CCCc1ccccc1)[C@H]1CCC2C3C(CC[C@@]21C)[C@@]1(C)CC[C@H](NCCCNCCCCNCCCN)C[C@H]1C[C@@H]3O. The monoisotopic (exact) mass is 623 g/mol. The largest absolute Gasteiger partial charge is 0.393 e. The van der Waals surface area contributed by atoms with Crippen LogP contribution in [0, 0.1) is 46.3 Å². The number of nitrogens with one attached hydrogen (secondary N) is 3. The van der Waals surface area contributed by atoms with Crippen LogP contribution in [0.4, 0.5) is 0 Å². The van der Waals surface area contributed by atoms with Gasteiger partial charge in [0, 0.05) is 6.04 Å². The van der Waals surface area contributed by atoms with E-state index >= 15 is 0 Å². The second-order valence-corrected chi connectivity index (χ2v) is 16.5. The molecule has 0 heterocycles. The highest BCUT2D eigenvalue weighted by molar-refractivity contribution is 5.15. The minimum Gasteiger partial charge on any atom is -0.393 e. The van der Waals surface area contributed by atoms with Crippen molar-refractivity contribution in [2.24, 2.45) is 52.1 Å². The van der Waals surface area contributed by atoms with E-state index in [1.54, 1.807) is 0 Å². The summed E-state index contributed by atoms with van der Waals surface area (Å²) in [4.78, 5) is 0. The van der Waals surface area contributed by atoms with Crippen LogP contribution in [0.1, 0.15) is 116 Å². The van der Waals surface area contributed by atoms with Crippen molar-refractivity contribution in [3.63, 3.8) is 0 Å². The van der Waals surface area contributed by atoms with Crippen LogP contribution >= 0.6 is 0 Å². The molecule has 256 valence electrons. The Balaban J connectivity index is 1.04. The number of unbranched alkanes of at least 4 members (excludes halogenated alkanes) is 1. The van der Waals surface area contributed by atoms with Gasteiger partial charge in [0.05, 0.1) is 6.10 Å². The van der Waals surface area contributed by atoms with Crippen LogP contribution in [0.3, 0.4) is 0 Å². The van der Waals surface area contributed by atoms with Gasteiger partial charge in [0.1, 0.15) is 0 Å². The first-order valence-corrected chi connectivity index (χ1v) is 19.4. The number of aryl methyl sites for hydroxylation is 1. The molecule has 0 spiro atoms. The molecule has 5 nitrogen and oxygen atoms in total. The summed E-state index contributed by atoms with van der Waals surface area (Å²) in [5, 5.41) is 22.9. The van der Waals surface area contributed by atoms with E-state index in [0.29, 0.717) is 28.7 Å². The first kappa shape index (κ1) is 35.3. The fraction of sp³-hybridized carbons (Fsp3) is 0.850. The van der Waals surface area contributed by atoms with Crippen LogP contribution < -0.4 is 21.7 Å². The molecule has 6 N–H and O–H groups in total. The maximum absolute atomic E-state index is 11.8. The Morgan fingerprint density at radius 3 is 2.24 bits per heavy atom. The quantitative estimate of drug-likeness (QED) is 0.115. The van der Waals surface area contributed by atoms with Crippen LogP contribution in [0.5, 0.6) is 0 Å². The van der Waals surface area contributed by atoms with Crippen molar-refractivity contribution >= 4 is 0 Å². The summed E-state index contributed by atoms with van der Waals surface area (Å²) < 4.78 is 0. The summed E-state index contributed by atoms with van der Waals surface area (Å²) in [6.07, 6.45) is 19.0.